The average molecular weight is 205 g/mol. The molecule has 1 aromatic rings. The van der Waals surface area contributed by atoms with Gasteiger partial charge in [-0.1, -0.05) is 43.7 Å². The molecule has 1 rings (SSSR count). The van der Waals surface area contributed by atoms with Gasteiger partial charge in [0, 0.05) is 6.04 Å². The lowest BCUT2D eigenvalue weighted by Gasteiger charge is -2.14. The van der Waals surface area contributed by atoms with Crippen molar-refractivity contribution in [1.82, 2.24) is 0 Å². The van der Waals surface area contributed by atoms with Crippen molar-refractivity contribution in [2.24, 2.45) is 11.7 Å². The molecule has 0 aromatic heterocycles. The van der Waals surface area contributed by atoms with Crippen LogP contribution < -0.4 is 5.73 Å². The van der Waals surface area contributed by atoms with E-state index in [1.54, 1.807) is 0 Å². The largest absolute Gasteiger partial charge is 0.327 e. The Bertz CT molecular complexity index is 274. The molecule has 0 saturated heterocycles. The molecule has 1 atom stereocenters. The lowest BCUT2D eigenvalue weighted by Crippen LogP contribution is -2.26. The van der Waals surface area contributed by atoms with Crippen molar-refractivity contribution in [2.75, 3.05) is 0 Å². The van der Waals surface area contributed by atoms with Crippen LogP contribution in [0.1, 0.15) is 37.8 Å². The number of rotatable bonds is 5. The van der Waals surface area contributed by atoms with Gasteiger partial charge in [-0.25, -0.2) is 0 Å². The zero-order valence-electron chi connectivity index (χ0n) is 10.2. The van der Waals surface area contributed by atoms with E-state index in [4.69, 9.17) is 5.73 Å². The number of benzene rings is 1. The summed E-state index contributed by atoms with van der Waals surface area (Å²) in [4.78, 5) is 0. The summed E-state index contributed by atoms with van der Waals surface area (Å²) in [7, 11) is 0. The van der Waals surface area contributed by atoms with Crippen LogP contribution in [0.15, 0.2) is 24.3 Å². The highest BCUT2D eigenvalue weighted by Crippen LogP contribution is 2.10. The van der Waals surface area contributed by atoms with E-state index < -0.39 is 0 Å². The molecule has 0 aliphatic carbocycles. The molecule has 84 valence electrons. The van der Waals surface area contributed by atoms with Crippen molar-refractivity contribution in [3.05, 3.63) is 35.4 Å². The van der Waals surface area contributed by atoms with E-state index in [9.17, 15) is 0 Å². The Morgan fingerprint density at radius 1 is 1.13 bits per heavy atom. The third-order valence-electron chi connectivity index (χ3n) is 2.98. The maximum absolute atomic E-state index is 6.00. The van der Waals surface area contributed by atoms with Crippen LogP contribution in [0, 0.1) is 12.8 Å². The van der Waals surface area contributed by atoms with Crippen LogP contribution in [-0.4, -0.2) is 6.04 Å². The molecule has 1 heteroatoms. The molecule has 0 fully saturated rings. The molecule has 1 nitrogen and oxygen atoms in total. The van der Waals surface area contributed by atoms with Gasteiger partial charge in [0.25, 0.3) is 0 Å². The van der Waals surface area contributed by atoms with Gasteiger partial charge in [0.15, 0.2) is 0 Å². The second-order valence-corrected chi connectivity index (χ2v) is 4.79. The van der Waals surface area contributed by atoms with Crippen LogP contribution in [0.25, 0.3) is 0 Å². The molecule has 0 radical (unpaired) electrons. The third-order valence-corrected chi connectivity index (χ3v) is 2.98. The van der Waals surface area contributed by atoms with Gasteiger partial charge in [-0.05, 0) is 37.7 Å². The molecule has 0 spiro atoms. The maximum atomic E-state index is 6.00. The topological polar surface area (TPSA) is 26.0 Å². The van der Waals surface area contributed by atoms with Crippen LogP contribution in [0.4, 0.5) is 0 Å². The Balaban J connectivity index is 2.29. The summed E-state index contributed by atoms with van der Waals surface area (Å²) in [6, 6.07) is 9.15. The highest BCUT2D eigenvalue weighted by Gasteiger charge is 2.06. The summed E-state index contributed by atoms with van der Waals surface area (Å²) in [5.41, 5.74) is 8.76. The number of aryl methyl sites for hydroxylation is 2. The zero-order chi connectivity index (χ0) is 11.3. The normalized spacial score (nSPS) is 13.1. The third kappa shape index (κ3) is 4.48. The van der Waals surface area contributed by atoms with Gasteiger partial charge < -0.3 is 5.73 Å². The summed E-state index contributed by atoms with van der Waals surface area (Å²) in [6.07, 6.45) is 3.48. The minimum Gasteiger partial charge on any atom is -0.327 e. The SMILES string of the molecule is Cc1ccc(CCCC(N)C(C)C)cc1. The van der Waals surface area contributed by atoms with Crippen LogP contribution in [0.3, 0.4) is 0 Å². The Labute approximate surface area is 93.7 Å². The van der Waals surface area contributed by atoms with E-state index in [0.717, 1.165) is 12.8 Å². The molecule has 0 bridgehead atoms. The van der Waals surface area contributed by atoms with Crippen LogP contribution >= 0.6 is 0 Å². The highest BCUT2D eigenvalue weighted by atomic mass is 14.6. The Morgan fingerprint density at radius 3 is 2.27 bits per heavy atom. The van der Waals surface area contributed by atoms with E-state index in [-0.39, 0.29) is 0 Å². The summed E-state index contributed by atoms with van der Waals surface area (Å²) in [6.45, 7) is 6.51. The monoisotopic (exact) mass is 205 g/mol. The van der Waals surface area contributed by atoms with Crippen molar-refractivity contribution >= 4 is 0 Å². The molecule has 1 unspecified atom stereocenters. The fourth-order valence-electron chi connectivity index (χ4n) is 1.63. The zero-order valence-corrected chi connectivity index (χ0v) is 10.2. The Hall–Kier alpha value is -0.820. The van der Waals surface area contributed by atoms with Gasteiger partial charge in [-0.2, -0.15) is 0 Å². The predicted octanol–water partition coefficient (Wildman–Crippen LogP) is 3.30. The summed E-state index contributed by atoms with van der Waals surface area (Å²) in [5, 5.41) is 0. The van der Waals surface area contributed by atoms with E-state index in [1.165, 1.54) is 17.5 Å². The standard InChI is InChI=1S/C14H23N/c1-11(2)14(15)6-4-5-13-9-7-12(3)8-10-13/h7-11,14H,4-6,15H2,1-3H3. The molecule has 0 aliphatic heterocycles. The second kappa shape index (κ2) is 5.92. The molecular weight excluding hydrogens is 182 g/mol. The van der Waals surface area contributed by atoms with Gasteiger partial charge in [0.1, 0.15) is 0 Å². The Morgan fingerprint density at radius 2 is 1.73 bits per heavy atom. The highest BCUT2D eigenvalue weighted by molar-refractivity contribution is 5.21. The molecule has 0 saturated carbocycles. The van der Waals surface area contributed by atoms with Crippen molar-refractivity contribution in [3.8, 4) is 0 Å². The first kappa shape index (κ1) is 12.3. The molecular formula is C14H23N. The van der Waals surface area contributed by atoms with Gasteiger partial charge >= 0.3 is 0 Å². The lowest BCUT2D eigenvalue weighted by atomic mass is 9.97. The Kier molecular flexibility index (Phi) is 4.83. The van der Waals surface area contributed by atoms with Crippen molar-refractivity contribution < 1.29 is 0 Å². The molecule has 0 aliphatic rings. The minimum atomic E-state index is 0.357. The van der Waals surface area contributed by atoms with Crippen LogP contribution in [-0.2, 0) is 6.42 Å². The van der Waals surface area contributed by atoms with E-state index in [1.807, 2.05) is 0 Å². The summed E-state index contributed by atoms with van der Waals surface area (Å²) >= 11 is 0. The molecule has 15 heavy (non-hydrogen) atoms. The first-order valence-electron chi connectivity index (χ1n) is 5.90. The molecule has 0 amide bonds. The molecule has 2 N–H and O–H groups in total. The van der Waals surface area contributed by atoms with E-state index >= 15 is 0 Å². The number of nitrogens with two attached hydrogens (primary N) is 1. The van der Waals surface area contributed by atoms with E-state index in [0.29, 0.717) is 12.0 Å². The number of hydrogen-bond donors (Lipinski definition) is 1. The summed E-state index contributed by atoms with van der Waals surface area (Å²) in [5.74, 6) is 0.600. The number of hydrogen-bond acceptors (Lipinski definition) is 1. The van der Waals surface area contributed by atoms with E-state index in [2.05, 4.69) is 45.0 Å². The molecule has 1 aromatic carbocycles. The van der Waals surface area contributed by atoms with Crippen LogP contribution in [0.5, 0.6) is 0 Å². The summed E-state index contributed by atoms with van der Waals surface area (Å²) < 4.78 is 0. The van der Waals surface area contributed by atoms with Gasteiger partial charge in [0.2, 0.25) is 0 Å². The van der Waals surface area contributed by atoms with Crippen molar-refractivity contribution in [2.45, 2.75) is 46.1 Å². The van der Waals surface area contributed by atoms with Gasteiger partial charge in [-0.15, -0.1) is 0 Å². The van der Waals surface area contributed by atoms with Gasteiger partial charge in [-0.3, -0.25) is 0 Å². The minimum absolute atomic E-state index is 0.357. The average Bonchev–Trinajstić information content (AvgIpc) is 2.20. The fraction of sp³-hybridized carbons (Fsp3) is 0.571. The quantitative estimate of drug-likeness (QED) is 0.784. The molecule has 0 heterocycles. The fourth-order valence-corrected chi connectivity index (χ4v) is 1.63. The van der Waals surface area contributed by atoms with Gasteiger partial charge in [0.05, 0.1) is 0 Å². The second-order valence-electron chi connectivity index (χ2n) is 4.79. The van der Waals surface area contributed by atoms with Crippen molar-refractivity contribution in [3.63, 3.8) is 0 Å². The van der Waals surface area contributed by atoms with Crippen molar-refractivity contribution in [1.29, 1.82) is 0 Å². The van der Waals surface area contributed by atoms with Crippen LogP contribution in [0.2, 0.25) is 0 Å². The lowest BCUT2D eigenvalue weighted by molar-refractivity contribution is 0.452. The predicted molar refractivity (Wildman–Crippen MR) is 66.9 cm³/mol. The smallest absolute Gasteiger partial charge is 0.00620 e. The maximum Gasteiger partial charge on any atom is 0.00620 e. The first-order valence-corrected chi connectivity index (χ1v) is 5.90. The first-order chi connectivity index (χ1) is 7.09.